The number of rotatable bonds is 8. The Morgan fingerprint density at radius 1 is 0.618 bits per heavy atom. The van der Waals surface area contributed by atoms with Crippen molar-refractivity contribution < 1.29 is 71.7 Å². The molecule has 0 heterocycles. The Morgan fingerprint density at radius 2 is 0.824 bits per heavy atom. The summed E-state index contributed by atoms with van der Waals surface area (Å²) >= 11 is 0. The summed E-state index contributed by atoms with van der Waals surface area (Å²) in [5, 5.41) is 0. The molecule has 0 aliphatic carbocycles. The number of hydrogen-bond donors (Lipinski definition) is 1. The summed E-state index contributed by atoms with van der Waals surface area (Å²) in [4.78, 5) is 0. The number of hydrogen-bond acceptors (Lipinski definition) is 2. The molecule has 1 N–H and O–H groups in total. The van der Waals surface area contributed by atoms with Gasteiger partial charge in [-0.05, 0) is 19.8 Å². The predicted octanol–water partition coefficient (Wildman–Crippen LogP) is 9.31. The molecular formula is C14H36F12N2O3P2S. The molecule has 0 spiro atoms. The van der Waals surface area contributed by atoms with Crippen LogP contribution in [0.1, 0.15) is 46.5 Å². The third-order valence-electron chi connectivity index (χ3n) is 3.62. The SMILES string of the molecule is CCCC[N+](C)(C)CCCC.CC[N+](C)(C)S(=O)(=O)O.F[P-](F)(F)(F)(F)F.F[P-](F)(F)(F)(F)F. The van der Waals surface area contributed by atoms with Crippen molar-refractivity contribution in [1.29, 1.82) is 0 Å². The molecule has 0 saturated heterocycles. The van der Waals surface area contributed by atoms with Gasteiger partial charge >= 0.3 is 76.3 Å². The molecule has 0 rings (SSSR count). The monoisotopic (exact) mass is 602 g/mol. The zero-order valence-corrected chi connectivity index (χ0v) is 22.6. The van der Waals surface area contributed by atoms with E-state index < -0.39 is 25.9 Å². The van der Waals surface area contributed by atoms with Crippen molar-refractivity contribution in [2.24, 2.45) is 0 Å². The van der Waals surface area contributed by atoms with Gasteiger partial charge < -0.3 is 4.48 Å². The molecule has 0 atom stereocenters. The van der Waals surface area contributed by atoms with Crippen LogP contribution < -0.4 is 0 Å². The molecule has 0 bridgehead atoms. The summed E-state index contributed by atoms with van der Waals surface area (Å²) in [6.45, 7) is 9.26. The Morgan fingerprint density at radius 3 is 0.912 bits per heavy atom. The Labute approximate surface area is 192 Å². The van der Waals surface area contributed by atoms with Gasteiger partial charge in [-0.2, -0.15) is 3.89 Å². The van der Waals surface area contributed by atoms with E-state index in [1.165, 1.54) is 57.4 Å². The summed E-state index contributed by atoms with van der Waals surface area (Å²) in [7, 11) is -17.7. The number of halogens is 12. The van der Waals surface area contributed by atoms with Crippen LogP contribution in [0.5, 0.6) is 0 Å². The number of unbranched alkanes of at least 4 members (excludes halogenated alkanes) is 2. The van der Waals surface area contributed by atoms with Crippen LogP contribution in [0, 0.1) is 0 Å². The molecule has 0 radical (unpaired) electrons. The van der Waals surface area contributed by atoms with Gasteiger partial charge in [0.05, 0.1) is 47.8 Å². The molecule has 0 aromatic carbocycles. The molecule has 0 aromatic heterocycles. The van der Waals surface area contributed by atoms with Gasteiger partial charge in [-0.25, -0.2) is 4.55 Å². The van der Waals surface area contributed by atoms with Crippen molar-refractivity contribution in [2.45, 2.75) is 46.5 Å². The molecular weight excluding hydrogens is 566 g/mol. The van der Waals surface area contributed by atoms with E-state index in [0.717, 1.165) is 0 Å². The van der Waals surface area contributed by atoms with Crippen LogP contribution in [-0.4, -0.2) is 69.2 Å². The molecule has 5 nitrogen and oxygen atoms in total. The second kappa shape index (κ2) is 11.1. The van der Waals surface area contributed by atoms with Gasteiger partial charge in [-0.1, -0.05) is 26.7 Å². The fourth-order valence-electron chi connectivity index (χ4n) is 1.45. The Bertz CT molecular complexity index is 645. The fourth-order valence-corrected chi connectivity index (χ4v) is 1.77. The van der Waals surface area contributed by atoms with Crippen molar-refractivity contribution in [3.8, 4) is 0 Å². The number of nitrogens with zero attached hydrogens (tertiary/aromatic N) is 2. The van der Waals surface area contributed by atoms with Crippen molar-refractivity contribution >= 4 is 25.9 Å². The summed E-state index contributed by atoms with van der Waals surface area (Å²) in [6, 6.07) is 0. The number of quaternary nitrogens is 2. The van der Waals surface area contributed by atoms with Gasteiger partial charge in [-0.15, -0.1) is 8.42 Å². The third kappa shape index (κ3) is 63.5. The molecule has 0 amide bonds. The first kappa shape index (κ1) is 41.0. The van der Waals surface area contributed by atoms with Gasteiger partial charge in [-0.3, -0.25) is 0 Å². The third-order valence-corrected chi connectivity index (χ3v) is 5.13. The predicted molar refractivity (Wildman–Crippen MR) is 113 cm³/mol. The zero-order chi connectivity index (χ0) is 29.3. The molecule has 20 heteroatoms. The van der Waals surface area contributed by atoms with E-state index in [1.807, 2.05) is 0 Å². The molecule has 0 aromatic rings. The first-order valence-electron chi connectivity index (χ1n) is 9.59. The first-order valence-corrected chi connectivity index (χ1v) is 15.0. The van der Waals surface area contributed by atoms with Gasteiger partial charge in [0.25, 0.3) is 0 Å². The Hall–Kier alpha value is -0.150. The van der Waals surface area contributed by atoms with Gasteiger partial charge in [0.15, 0.2) is 0 Å². The molecule has 0 saturated carbocycles. The molecule has 0 aliphatic rings. The van der Waals surface area contributed by atoms with Crippen LogP contribution in [0.15, 0.2) is 0 Å². The molecule has 0 fully saturated rings. The molecule has 34 heavy (non-hydrogen) atoms. The normalized spacial score (nSPS) is 17.1. The van der Waals surface area contributed by atoms with Gasteiger partial charge in [0, 0.05) is 0 Å². The topological polar surface area (TPSA) is 54.4 Å². The van der Waals surface area contributed by atoms with Crippen LogP contribution in [0.2, 0.25) is 0 Å². The van der Waals surface area contributed by atoms with E-state index in [-0.39, 0.29) is 3.89 Å². The maximum atomic E-state index is 10.4. The summed E-state index contributed by atoms with van der Waals surface area (Å²) in [5.41, 5.74) is 0. The van der Waals surface area contributed by atoms with Crippen LogP contribution in [0.25, 0.3) is 0 Å². The average Bonchev–Trinajstić information content (AvgIpc) is 2.44. The minimum atomic E-state index is -10.7. The van der Waals surface area contributed by atoms with Crippen molar-refractivity contribution in [3.05, 3.63) is 0 Å². The summed E-state index contributed by atoms with van der Waals surface area (Å²) in [5.74, 6) is 0. The van der Waals surface area contributed by atoms with E-state index in [2.05, 4.69) is 27.9 Å². The summed E-state index contributed by atoms with van der Waals surface area (Å²) in [6.07, 6.45) is 5.40. The van der Waals surface area contributed by atoms with Crippen molar-refractivity contribution in [1.82, 2.24) is 0 Å². The standard InChI is InChI=1S/C10H24N.C4H11NO3S.2F6P/c1-5-7-9-11(3,4)10-8-6-2;1-4-5(2,3)9(6,7)8;2*1-7(2,3,4,5)6/h5-10H2,1-4H3;4H2,1-3H3;;/q+1;;2*-1/p+1. The van der Waals surface area contributed by atoms with Gasteiger partial charge in [0.1, 0.15) is 0 Å². The second-order valence-corrected chi connectivity index (χ2v) is 14.1. The van der Waals surface area contributed by atoms with Crippen LogP contribution in [0.3, 0.4) is 0 Å². The van der Waals surface area contributed by atoms with E-state index in [9.17, 15) is 58.8 Å². The van der Waals surface area contributed by atoms with E-state index in [0.29, 0.717) is 6.54 Å². The zero-order valence-electron chi connectivity index (χ0n) is 19.9. The molecule has 220 valence electrons. The quantitative estimate of drug-likeness (QED) is 0.130. The van der Waals surface area contributed by atoms with Crippen molar-refractivity contribution in [2.75, 3.05) is 47.8 Å². The van der Waals surface area contributed by atoms with Crippen LogP contribution >= 0.6 is 15.6 Å². The van der Waals surface area contributed by atoms with Crippen molar-refractivity contribution in [3.63, 3.8) is 0 Å². The first-order chi connectivity index (χ1) is 13.8. The average molecular weight is 602 g/mol. The van der Waals surface area contributed by atoms with Crippen LogP contribution in [0.4, 0.5) is 50.4 Å². The Balaban J connectivity index is -0.000000180. The Kier molecular flexibility index (Phi) is 13.4. The van der Waals surface area contributed by atoms with E-state index in [1.54, 1.807) is 6.92 Å². The van der Waals surface area contributed by atoms with Crippen LogP contribution in [-0.2, 0) is 10.3 Å². The summed E-state index contributed by atoms with van der Waals surface area (Å²) < 4.78 is 149. The minimum absolute atomic E-state index is 0.360. The van der Waals surface area contributed by atoms with Gasteiger partial charge in [0.2, 0.25) is 0 Å². The molecule has 0 aliphatic heterocycles. The second-order valence-electron chi connectivity index (χ2n) is 8.34. The fraction of sp³-hybridized carbons (Fsp3) is 1.00. The van der Waals surface area contributed by atoms with E-state index in [4.69, 9.17) is 4.55 Å². The molecule has 0 unspecified atom stereocenters. The van der Waals surface area contributed by atoms with E-state index >= 15 is 0 Å². The maximum absolute atomic E-state index is 10.7.